The maximum atomic E-state index is 13.0. The van der Waals surface area contributed by atoms with Gasteiger partial charge in [0, 0.05) is 24.5 Å². The van der Waals surface area contributed by atoms with E-state index in [1.807, 2.05) is 4.98 Å². The molecule has 1 aliphatic heterocycles. The molecule has 0 aliphatic carbocycles. The quantitative estimate of drug-likeness (QED) is 0.614. The third-order valence-electron chi connectivity index (χ3n) is 4.85. The first-order valence-electron chi connectivity index (χ1n) is 9.11. The number of nitrogens with one attached hydrogen (secondary N) is 3. The topological polar surface area (TPSA) is 141 Å². The molecule has 12 heteroatoms. The SMILES string of the molecule is COc1ccc(NC(=O)[C@@H]2CCCN(S(=O)(=O)c3c(C)[nH]c(=O)[nH]c3=O)C2)cc1Cl. The summed E-state index contributed by atoms with van der Waals surface area (Å²) in [5.41, 5.74) is -1.37. The Labute approximate surface area is 177 Å². The van der Waals surface area contributed by atoms with E-state index in [4.69, 9.17) is 16.3 Å². The van der Waals surface area contributed by atoms with Crippen molar-refractivity contribution < 1.29 is 17.9 Å². The average Bonchev–Trinajstić information content (AvgIpc) is 2.67. The molecule has 3 N–H and O–H groups in total. The summed E-state index contributed by atoms with van der Waals surface area (Å²) in [7, 11) is -2.72. The van der Waals surface area contributed by atoms with Crippen molar-refractivity contribution in [2.75, 3.05) is 25.5 Å². The van der Waals surface area contributed by atoms with E-state index in [0.717, 1.165) is 4.31 Å². The highest BCUT2D eigenvalue weighted by Gasteiger charge is 2.36. The number of aromatic nitrogens is 2. The normalized spacial score (nSPS) is 17.5. The van der Waals surface area contributed by atoms with Gasteiger partial charge >= 0.3 is 5.69 Å². The Hall–Kier alpha value is -2.63. The van der Waals surface area contributed by atoms with Crippen molar-refractivity contribution in [3.05, 3.63) is 49.8 Å². The number of hydrogen-bond acceptors (Lipinski definition) is 6. The van der Waals surface area contributed by atoms with E-state index in [-0.39, 0.29) is 24.7 Å². The number of benzene rings is 1. The summed E-state index contributed by atoms with van der Waals surface area (Å²) >= 11 is 6.07. The van der Waals surface area contributed by atoms with Gasteiger partial charge < -0.3 is 15.0 Å². The van der Waals surface area contributed by atoms with Crippen molar-refractivity contribution in [2.45, 2.75) is 24.7 Å². The molecule has 1 aromatic heterocycles. The van der Waals surface area contributed by atoms with Crippen LogP contribution in [-0.4, -0.2) is 48.8 Å². The van der Waals surface area contributed by atoms with Crippen LogP contribution in [0.15, 0.2) is 32.7 Å². The number of nitrogens with zero attached hydrogens (tertiary/aromatic N) is 1. The minimum absolute atomic E-state index is 0.0526. The highest BCUT2D eigenvalue weighted by atomic mass is 35.5. The maximum Gasteiger partial charge on any atom is 0.325 e. The Morgan fingerprint density at radius 3 is 2.67 bits per heavy atom. The Morgan fingerprint density at radius 1 is 1.30 bits per heavy atom. The minimum Gasteiger partial charge on any atom is -0.495 e. The number of hydrogen-bond donors (Lipinski definition) is 3. The molecule has 1 fully saturated rings. The molecule has 0 spiro atoms. The van der Waals surface area contributed by atoms with E-state index in [1.54, 1.807) is 18.2 Å². The molecule has 1 amide bonds. The summed E-state index contributed by atoms with van der Waals surface area (Å²) in [6.07, 6.45) is 0.934. The summed E-state index contributed by atoms with van der Waals surface area (Å²) in [5, 5.41) is 3.06. The second kappa shape index (κ2) is 8.62. The van der Waals surface area contributed by atoms with E-state index < -0.39 is 32.1 Å². The molecule has 30 heavy (non-hydrogen) atoms. The van der Waals surface area contributed by atoms with Gasteiger partial charge in [-0.05, 0) is 38.0 Å². The van der Waals surface area contributed by atoms with Crippen LogP contribution in [0.2, 0.25) is 5.02 Å². The lowest BCUT2D eigenvalue weighted by atomic mass is 9.98. The van der Waals surface area contributed by atoms with Gasteiger partial charge in [-0.15, -0.1) is 0 Å². The first-order valence-corrected chi connectivity index (χ1v) is 10.9. The summed E-state index contributed by atoms with van der Waals surface area (Å²) in [4.78, 5) is 39.9. The maximum absolute atomic E-state index is 13.0. The number of ether oxygens (including phenoxy) is 1. The molecule has 0 bridgehead atoms. The van der Waals surface area contributed by atoms with Crippen LogP contribution in [0.4, 0.5) is 5.69 Å². The number of rotatable bonds is 5. The number of aromatic amines is 2. The smallest absolute Gasteiger partial charge is 0.325 e. The van der Waals surface area contributed by atoms with Crippen LogP contribution < -0.4 is 21.3 Å². The zero-order valence-corrected chi connectivity index (χ0v) is 17.9. The molecular weight excluding hydrogens is 436 g/mol. The molecule has 0 unspecified atom stereocenters. The Bertz CT molecular complexity index is 1190. The summed E-state index contributed by atoms with van der Waals surface area (Å²) in [6, 6.07) is 4.78. The van der Waals surface area contributed by atoms with E-state index in [0.29, 0.717) is 29.3 Å². The summed E-state index contributed by atoms with van der Waals surface area (Å²) in [5.74, 6) is -0.508. The number of aryl methyl sites for hydroxylation is 1. The highest BCUT2D eigenvalue weighted by Crippen LogP contribution is 2.28. The molecule has 1 aromatic carbocycles. The molecule has 3 rings (SSSR count). The molecule has 1 saturated heterocycles. The predicted molar refractivity (Wildman–Crippen MR) is 111 cm³/mol. The number of halogens is 1. The van der Waals surface area contributed by atoms with Crippen LogP contribution in [0.5, 0.6) is 5.75 Å². The first-order chi connectivity index (χ1) is 14.1. The van der Waals surface area contributed by atoms with Crippen molar-refractivity contribution in [1.29, 1.82) is 0 Å². The number of H-pyrrole nitrogens is 2. The molecule has 10 nitrogen and oxygen atoms in total. The van der Waals surface area contributed by atoms with Gasteiger partial charge in [0.25, 0.3) is 5.56 Å². The van der Waals surface area contributed by atoms with Crippen molar-refractivity contribution >= 4 is 33.2 Å². The Balaban J connectivity index is 1.79. The lowest BCUT2D eigenvalue weighted by molar-refractivity contribution is -0.120. The molecule has 1 aliphatic rings. The van der Waals surface area contributed by atoms with Crippen molar-refractivity contribution in [1.82, 2.24) is 14.3 Å². The number of anilines is 1. The molecule has 0 radical (unpaired) electrons. The molecular formula is C18H21ClN4O6S. The fraction of sp³-hybridized carbons (Fsp3) is 0.389. The van der Waals surface area contributed by atoms with Crippen molar-refractivity contribution in [3.8, 4) is 5.75 Å². The lowest BCUT2D eigenvalue weighted by Gasteiger charge is -2.31. The number of amides is 1. The van der Waals surface area contributed by atoms with Gasteiger partial charge in [0.05, 0.1) is 18.1 Å². The summed E-state index contributed by atoms with van der Waals surface area (Å²) < 4.78 is 32.2. The van der Waals surface area contributed by atoms with Crippen LogP contribution in [-0.2, 0) is 14.8 Å². The second-order valence-corrected chi connectivity index (χ2v) is 9.19. The van der Waals surface area contributed by atoms with Gasteiger partial charge in [0.2, 0.25) is 15.9 Å². The number of methoxy groups -OCH3 is 1. The number of carbonyl (C=O) groups is 1. The zero-order chi connectivity index (χ0) is 22.1. The molecule has 2 heterocycles. The van der Waals surface area contributed by atoms with Gasteiger partial charge in [-0.25, -0.2) is 13.2 Å². The zero-order valence-electron chi connectivity index (χ0n) is 16.3. The molecule has 1 atom stereocenters. The molecule has 2 aromatic rings. The second-order valence-electron chi connectivity index (χ2n) is 6.90. The fourth-order valence-electron chi connectivity index (χ4n) is 3.39. The highest BCUT2D eigenvalue weighted by molar-refractivity contribution is 7.89. The largest absolute Gasteiger partial charge is 0.495 e. The first kappa shape index (κ1) is 22.1. The van der Waals surface area contributed by atoms with Gasteiger partial charge in [-0.1, -0.05) is 11.6 Å². The predicted octanol–water partition coefficient (Wildman–Crippen LogP) is 1.07. The van der Waals surface area contributed by atoms with Gasteiger partial charge in [-0.3, -0.25) is 14.6 Å². The van der Waals surface area contributed by atoms with Crippen LogP contribution in [0.1, 0.15) is 18.5 Å². The standard InChI is InChI=1S/C18H21ClN4O6S/c1-10-15(17(25)22-18(26)20-10)30(27,28)23-7-3-4-11(9-23)16(24)21-12-5-6-14(29-2)13(19)8-12/h5-6,8,11H,3-4,7,9H2,1-2H3,(H,21,24)(H2,20,22,25,26)/t11-/m1/s1. The van der Waals surface area contributed by atoms with E-state index in [1.165, 1.54) is 14.0 Å². The van der Waals surface area contributed by atoms with Crippen LogP contribution in [0, 0.1) is 12.8 Å². The van der Waals surface area contributed by atoms with Crippen LogP contribution in [0.25, 0.3) is 0 Å². The van der Waals surface area contributed by atoms with Gasteiger partial charge in [-0.2, -0.15) is 4.31 Å². The third kappa shape index (κ3) is 4.42. The summed E-state index contributed by atoms with van der Waals surface area (Å²) in [6.45, 7) is 1.42. The van der Waals surface area contributed by atoms with Crippen molar-refractivity contribution in [2.24, 2.45) is 5.92 Å². The van der Waals surface area contributed by atoms with E-state index >= 15 is 0 Å². The minimum atomic E-state index is -4.19. The van der Waals surface area contributed by atoms with Crippen LogP contribution in [0.3, 0.4) is 0 Å². The molecule has 162 valence electrons. The lowest BCUT2D eigenvalue weighted by Crippen LogP contribution is -2.45. The van der Waals surface area contributed by atoms with Crippen molar-refractivity contribution in [3.63, 3.8) is 0 Å². The fourth-order valence-corrected chi connectivity index (χ4v) is 5.38. The Morgan fingerprint density at radius 2 is 2.03 bits per heavy atom. The van der Waals surface area contributed by atoms with E-state index in [2.05, 4.69) is 10.3 Å². The van der Waals surface area contributed by atoms with Gasteiger partial charge in [0.15, 0.2) is 4.90 Å². The number of carbonyl (C=O) groups excluding carboxylic acids is 1. The third-order valence-corrected chi connectivity index (χ3v) is 7.16. The van der Waals surface area contributed by atoms with Crippen LogP contribution >= 0.6 is 11.6 Å². The average molecular weight is 457 g/mol. The Kier molecular flexibility index (Phi) is 6.34. The van der Waals surface area contributed by atoms with E-state index in [9.17, 15) is 22.8 Å². The number of piperidine rings is 1. The molecule has 0 saturated carbocycles. The van der Waals surface area contributed by atoms with Gasteiger partial charge in [0.1, 0.15) is 5.75 Å². The number of sulfonamides is 1. The monoisotopic (exact) mass is 456 g/mol.